The average molecular weight is 486 g/mol. The van der Waals surface area contributed by atoms with E-state index in [4.69, 9.17) is 4.74 Å². The molecule has 1 atom stereocenters. The fourth-order valence-corrected chi connectivity index (χ4v) is 6.04. The van der Waals surface area contributed by atoms with E-state index in [1.807, 2.05) is 43.5 Å². The zero-order valence-electron chi connectivity index (χ0n) is 18.7. The second-order valence-electron chi connectivity index (χ2n) is 7.93. The van der Waals surface area contributed by atoms with Gasteiger partial charge < -0.3 is 10.1 Å². The maximum Gasteiger partial charge on any atom is 0.243 e. The van der Waals surface area contributed by atoms with Gasteiger partial charge in [0.15, 0.2) is 0 Å². The number of hydrogen-bond donors (Lipinski definition) is 1. The number of anilines is 1. The van der Waals surface area contributed by atoms with Crippen molar-refractivity contribution in [3.8, 4) is 17.0 Å². The number of piperidine rings is 1. The summed E-state index contributed by atoms with van der Waals surface area (Å²) in [6.07, 6.45) is 1.28. The van der Waals surface area contributed by atoms with Crippen molar-refractivity contribution in [2.75, 3.05) is 25.0 Å². The topological polar surface area (TPSA) is 88.6 Å². The Kier molecular flexibility index (Phi) is 7.11. The second-order valence-corrected chi connectivity index (χ2v) is 10.9. The van der Waals surface area contributed by atoms with E-state index < -0.39 is 15.9 Å². The number of benzene rings is 2. The molecule has 1 aliphatic heterocycles. The maximum absolute atomic E-state index is 13.1. The summed E-state index contributed by atoms with van der Waals surface area (Å²) in [6, 6.07) is 14.0. The Morgan fingerprint density at radius 1 is 1.24 bits per heavy atom. The number of carbonyl (C=O) groups is 1. The Hall–Kier alpha value is -2.75. The van der Waals surface area contributed by atoms with Gasteiger partial charge in [-0.25, -0.2) is 13.4 Å². The highest BCUT2D eigenvalue weighted by Crippen LogP contribution is 2.27. The van der Waals surface area contributed by atoms with Gasteiger partial charge in [-0.15, -0.1) is 11.3 Å². The third-order valence-electron chi connectivity index (χ3n) is 5.57. The average Bonchev–Trinajstić information content (AvgIpc) is 3.26. The zero-order valence-corrected chi connectivity index (χ0v) is 20.3. The SMILES string of the molecule is CCOc1ccc(S(=O)(=O)N2CCCC(C(=O)Nc3cccc(-c4csc(C)n4)c3)C2)cc1. The number of ether oxygens (including phenoxy) is 1. The third-order valence-corrected chi connectivity index (χ3v) is 8.23. The molecule has 2 heterocycles. The molecule has 33 heavy (non-hydrogen) atoms. The fraction of sp³-hybridized carbons (Fsp3) is 0.333. The molecule has 174 valence electrons. The summed E-state index contributed by atoms with van der Waals surface area (Å²) in [4.78, 5) is 17.7. The van der Waals surface area contributed by atoms with Crippen molar-refractivity contribution in [1.29, 1.82) is 0 Å². The number of amides is 1. The van der Waals surface area contributed by atoms with Crippen molar-refractivity contribution in [3.63, 3.8) is 0 Å². The van der Waals surface area contributed by atoms with Gasteiger partial charge in [0.25, 0.3) is 0 Å². The van der Waals surface area contributed by atoms with Crippen LogP contribution in [0.1, 0.15) is 24.8 Å². The largest absolute Gasteiger partial charge is 0.494 e. The summed E-state index contributed by atoms with van der Waals surface area (Å²) in [6.45, 7) is 4.90. The van der Waals surface area contributed by atoms with Crippen molar-refractivity contribution >= 4 is 33.0 Å². The molecule has 3 aromatic rings. The number of nitrogens with one attached hydrogen (secondary N) is 1. The molecular weight excluding hydrogens is 458 g/mol. The van der Waals surface area contributed by atoms with E-state index in [0.29, 0.717) is 37.4 Å². The standard InChI is InChI=1S/C24H27N3O4S2/c1-3-31-21-9-11-22(12-10-21)33(29,30)27-13-5-7-19(15-27)24(28)26-20-8-4-6-18(14-20)23-16-32-17(2)25-23/h4,6,8-12,14,16,19H,3,5,7,13,15H2,1-2H3,(H,26,28). The minimum Gasteiger partial charge on any atom is -0.494 e. The van der Waals surface area contributed by atoms with Crippen LogP contribution in [0.5, 0.6) is 5.75 Å². The smallest absolute Gasteiger partial charge is 0.243 e. The molecular formula is C24H27N3O4S2. The van der Waals surface area contributed by atoms with E-state index in [9.17, 15) is 13.2 Å². The van der Waals surface area contributed by atoms with Gasteiger partial charge in [-0.2, -0.15) is 4.31 Å². The molecule has 0 spiro atoms. The first-order valence-corrected chi connectivity index (χ1v) is 13.2. The minimum absolute atomic E-state index is 0.159. The molecule has 1 saturated heterocycles. The number of aryl methyl sites for hydroxylation is 1. The summed E-state index contributed by atoms with van der Waals surface area (Å²) >= 11 is 1.58. The molecule has 0 radical (unpaired) electrons. The van der Waals surface area contributed by atoms with E-state index in [2.05, 4.69) is 10.3 Å². The van der Waals surface area contributed by atoms with Crippen LogP contribution in [0.25, 0.3) is 11.3 Å². The molecule has 1 aromatic heterocycles. The Balaban J connectivity index is 1.44. The van der Waals surface area contributed by atoms with Gasteiger partial charge >= 0.3 is 0 Å². The van der Waals surface area contributed by atoms with Crippen LogP contribution in [0.15, 0.2) is 58.8 Å². The molecule has 0 aliphatic carbocycles. The Morgan fingerprint density at radius 2 is 2.03 bits per heavy atom. The number of rotatable bonds is 7. The van der Waals surface area contributed by atoms with Crippen LogP contribution in [-0.4, -0.2) is 43.3 Å². The van der Waals surface area contributed by atoms with Gasteiger partial charge in [-0.1, -0.05) is 12.1 Å². The Labute approximate surface area is 198 Å². The summed E-state index contributed by atoms with van der Waals surface area (Å²) < 4.78 is 33.1. The van der Waals surface area contributed by atoms with Gasteiger partial charge in [0.1, 0.15) is 5.75 Å². The second kappa shape index (κ2) is 10.0. The predicted octanol–water partition coefficient (Wildman–Crippen LogP) is 4.56. The molecule has 0 saturated carbocycles. The number of sulfonamides is 1. The highest BCUT2D eigenvalue weighted by molar-refractivity contribution is 7.89. The van der Waals surface area contributed by atoms with E-state index in [0.717, 1.165) is 16.3 Å². The first kappa shape index (κ1) is 23.4. The Bertz CT molecular complexity index is 1220. The molecule has 7 nitrogen and oxygen atoms in total. The van der Waals surface area contributed by atoms with Crippen LogP contribution in [0, 0.1) is 12.8 Å². The van der Waals surface area contributed by atoms with Gasteiger partial charge in [0.05, 0.1) is 28.1 Å². The fourth-order valence-electron chi connectivity index (χ4n) is 3.89. The molecule has 0 bridgehead atoms. The number of nitrogens with zero attached hydrogens (tertiary/aromatic N) is 2. The van der Waals surface area contributed by atoms with E-state index in [1.165, 1.54) is 4.31 Å². The van der Waals surface area contributed by atoms with Gasteiger partial charge in [0.2, 0.25) is 15.9 Å². The minimum atomic E-state index is -3.68. The van der Waals surface area contributed by atoms with Crippen molar-refractivity contribution in [2.45, 2.75) is 31.6 Å². The molecule has 9 heteroatoms. The maximum atomic E-state index is 13.1. The van der Waals surface area contributed by atoms with Crippen LogP contribution in [0.2, 0.25) is 0 Å². The van der Waals surface area contributed by atoms with Crippen LogP contribution in [0.4, 0.5) is 5.69 Å². The highest BCUT2D eigenvalue weighted by atomic mass is 32.2. The lowest BCUT2D eigenvalue weighted by Crippen LogP contribution is -2.43. The molecule has 4 rings (SSSR count). The summed E-state index contributed by atoms with van der Waals surface area (Å²) in [5, 5.41) is 5.93. The number of carbonyl (C=O) groups excluding carboxylic acids is 1. The van der Waals surface area contributed by atoms with E-state index in [1.54, 1.807) is 35.6 Å². The normalized spacial score (nSPS) is 17.0. The van der Waals surface area contributed by atoms with Crippen LogP contribution >= 0.6 is 11.3 Å². The third kappa shape index (κ3) is 5.43. The molecule has 2 aromatic carbocycles. The van der Waals surface area contributed by atoms with Gasteiger partial charge in [-0.3, -0.25) is 4.79 Å². The van der Waals surface area contributed by atoms with Gasteiger partial charge in [-0.05, 0) is 63.1 Å². The molecule has 1 fully saturated rings. The lowest BCUT2D eigenvalue weighted by atomic mass is 9.98. The van der Waals surface area contributed by atoms with Crippen molar-refractivity contribution in [3.05, 3.63) is 58.9 Å². The number of aromatic nitrogens is 1. The van der Waals surface area contributed by atoms with E-state index >= 15 is 0 Å². The summed E-state index contributed by atoms with van der Waals surface area (Å²) in [5.74, 6) is 0.0389. The molecule has 1 N–H and O–H groups in total. The molecule has 1 aliphatic rings. The summed E-state index contributed by atoms with van der Waals surface area (Å²) in [5.41, 5.74) is 2.48. The van der Waals surface area contributed by atoms with Crippen LogP contribution in [0.3, 0.4) is 0 Å². The quantitative estimate of drug-likeness (QED) is 0.530. The highest BCUT2D eigenvalue weighted by Gasteiger charge is 2.33. The van der Waals surface area contributed by atoms with Crippen molar-refractivity contribution in [2.24, 2.45) is 5.92 Å². The lowest BCUT2D eigenvalue weighted by Gasteiger charge is -2.31. The van der Waals surface area contributed by atoms with Crippen molar-refractivity contribution < 1.29 is 17.9 Å². The predicted molar refractivity (Wildman–Crippen MR) is 130 cm³/mol. The van der Waals surface area contributed by atoms with E-state index in [-0.39, 0.29) is 17.3 Å². The lowest BCUT2D eigenvalue weighted by molar-refractivity contribution is -0.120. The van der Waals surface area contributed by atoms with Gasteiger partial charge in [0, 0.05) is 29.7 Å². The molecule has 1 amide bonds. The Morgan fingerprint density at radius 3 is 2.73 bits per heavy atom. The first-order chi connectivity index (χ1) is 15.9. The number of thiazole rings is 1. The van der Waals surface area contributed by atoms with Crippen molar-refractivity contribution in [1.82, 2.24) is 9.29 Å². The monoisotopic (exact) mass is 485 g/mol. The summed E-state index contributed by atoms with van der Waals surface area (Å²) in [7, 11) is -3.68. The number of hydrogen-bond acceptors (Lipinski definition) is 6. The zero-order chi connectivity index (χ0) is 23.4. The molecule has 1 unspecified atom stereocenters. The van der Waals surface area contributed by atoms with Crippen LogP contribution < -0.4 is 10.1 Å². The first-order valence-electron chi connectivity index (χ1n) is 10.9. The van der Waals surface area contributed by atoms with Crippen LogP contribution in [-0.2, 0) is 14.8 Å².